The van der Waals surface area contributed by atoms with Crippen LogP contribution < -0.4 is 5.73 Å². The van der Waals surface area contributed by atoms with E-state index in [9.17, 15) is 4.79 Å². The molecule has 20 heavy (non-hydrogen) atoms. The van der Waals surface area contributed by atoms with Crippen molar-refractivity contribution in [2.45, 2.75) is 40.0 Å². The molecule has 0 saturated carbocycles. The van der Waals surface area contributed by atoms with E-state index in [1.165, 1.54) is 0 Å². The topological polar surface area (TPSA) is 46.3 Å². The van der Waals surface area contributed by atoms with Crippen molar-refractivity contribution in [3.05, 3.63) is 35.4 Å². The van der Waals surface area contributed by atoms with Crippen LogP contribution in [0.2, 0.25) is 0 Å². The molecule has 1 aromatic carbocycles. The van der Waals surface area contributed by atoms with E-state index >= 15 is 0 Å². The van der Waals surface area contributed by atoms with Gasteiger partial charge in [0.15, 0.2) is 0 Å². The lowest BCUT2D eigenvalue weighted by Crippen LogP contribution is -2.35. The van der Waals surface area contributed by atoms with Crippen molar-refractivity contribution in [1.29, 1.82) is 0 Å². The molecule has 0 saturated heterocycles. The fraction of sp³-hybridized carbons (Fsp3) is 0.588. The van der Waals surface area contributed by atoms with Gasteiger partial charge >= 0.3 is 0 Å². The van der Waals surface area contributed by atoms with E-state index in [4.69, 9.17) is 5.73 Å². The minimum absolute atomic E-state index is 0.142. The van der Waals surface area contributed by atoms with Gasteiger partial charge in [0.25, 0.3) is 5.91 Å². The molecule has 2 N–H and O–H groups in total. The number of rotatable bonds is 8. The first-order chi connectivity index (χ1) is 9.67. The minimum atomic E-state index is 0.142. The number of nitrogens with zero attached hydrogens (tertiary/aromatic N) is 1. The third kappa shape index (κ3) is 4.34. The van der Waals surface area contributed by atoms with Gasteiger partial charge in [-0.1, -0.05) is 44.9 Å². The molecule has 0 radical (unpaired) electrons. The molecule has 0 spiro atoms. The van der Waals surface area contributed by atoms with Crippen molar-refractivity contribution in [2.75, 3.05) is 19.6 Å². The molecule has 3 nitrogen and oxygen atoms in total. The van der Waals surface area contributed by atoms with Crippen LogP contribution >= 0.6 is 0 Å². The largest absolute Gasteiger partial charge is 0.339 e. The van der Waals surface area contributed by atoms with E-state index in [1.54, 1.807) is 0 Å². The second-order valence-electron chi connectivity index (χ2n) is 5.22. The molecule has 0 aliphatic heterocycles. The Kier molecular flexibility index (Phi) is 7.31. The van der Waals surface area contributed by atoms with E-state index in [2.05, 4.69) is 13.8 Å². The number of nitrogens with two attached hydrogens (primary N) is 1. The van der Waals surface area contributed by atoms with Gasteiger partial charge in [0.1, 0.15) is 0 Å². The highest BCUT2D eigenvalue weighted by Gasteiger charge is 2.19. The molecule has 0 aliphatic rings. The fourth-order valence-corrected chi connectivity index (χ4v) is 2.49. The van der Waals surface area contributed by atoms with Crippen LogP contribution in [-0.4, -0.2) is 30.4 Å². The Labute approximate surface area is 123 Å². The van der Waals surface area contributed by atoms with Gasteiger partial charge in [0.2, 0.25) is 0 Å². The first-order valence-electron chi connectivity index (χ1n) is 7.75. The number of hydrogen-bond acceptors (Lipinski definition) is 2. The van der Waals surface area contributed by atoms with Crippen LogP contribution in [0.15, 0.2) is 24.3 Å². The summed E-state index contributed by atoms with van der Waals surface area (Å²) >= 11 is 0. The summed E-state index contributed by atoms with van der Waals surface area (Å²) in [5.41, 5.74) is 7.51. The summed E-state index contributed by atoms with van der Waals surface area (Å²) in [6.07, 6.45) is 2.99. The summed E-state index contributed by atoms with van der Waals surface area (Å²) < 4.78 is 0. The molecule has 0 unspecified atom stereocenters. The van der Waals surface area contributed by atoms with Crippen LogP contribution in [0.1, 0.15) is 49.5 Å². The number of hydrogen-bond donors (Lipinski definition) is 1. The average Bonchev–Trinajstić information content (AvgIpc) is 2.49. The molecule has 0 aliphatic carbocycles. The fourth-order valence-electron chi connectivity index (χ4n) is 2.49. The van der Waals surface area contributed by atoms with Crippen LogP contribution in [0, 0.1) is 5.92 Å². The van der Waals surface area contributed by atoms with Gasteiger partial charge < -0.3 is 10.6 Å². The van der Waals surface area contributed by atoms with Crippen molar-refractivity contribution in [3.63, 3.8) is 0 Å². The van der Waals surface area contributed by atoms with Gasteiger partial charge in [0, 0.05) is 18.7 Å². The molecule has 3 heteroatoms. The molecular weight excluding hydrogens is 248 g/mol. The Bertz CT molecular complexity index is 413. The number of carbonyl (C=O) groups is 1. The highest BCUT2D eigenvalue weighted by molar-refractivity contribution is 5.95. The quantitative estimate of drug-likeness (QED) is 0.793. The molecule has 0 fully saturated rings. The number of amides is 1. The maximum absolute atomic E-state index is 12.7. The molecule has 1 rings (SSSR count). The zero-order chi connectivity index (χ0) is 15.0. The minimum Gasteiger partial charge on any atom is -0.339 e. The van der Waals surface area contributed by atoms with Gasteiger partial charge in [0.05, 0.1) is 0 Å². The third-order valence-electron chi connectivity index (χ3n) is 3.96. The lowest BCUT2D eigenvalue weighted by Gasteiger charge is -2.26. The van der Waals surface area contributed by atoms with E-state index in [0.717, 1.165) is 43.5 Å². The smallest absolute Gasteiger partial charge is 0.254 e. The second-order valence-corrected chi connectivity index (χ2v) is 5.22. The Hall–Kier alpha value is -1.35. The Balaban J connectivity index is 2.90. The van der Waals surface area contributed by atoms with Gasteiger partial charge in [-0.05, 0) is 37.4 Å². The van der Waals surface area contributed by atoms with Crippen molar-refractivity contribution in [1.82, 2.24) is 4.90 Å². The highest BCUT2D eigenvalue weighted by atomic mass is 16.2. The maximum Gasteiger partial charge on any atom is 0.254 e. The Morgan fingerprint density at radius 2 is 1.85 bits per heavy atom. The monoisotopic (exact) mass is 276 g/mol. The standard InChI is InChI=1S/C17H28N2O/c1-4-14(5-2)13-19(6-3)17(20)16-10-8-7-9-15(16)11-12-18/h7-10,14H,4-6,11-13,18H2,1-3H3. The van der Waals surface area contributed by atoms with Gasteiger partial charge in [-0.3, -0.25) is 4.79 Å². The summed E-state index contributed by atoms with van der Waals surface area (Å²) in [6.45, 7) is 8.60. The molecule has 112 valence electrons. The van der Waals surface area contributed by atoms with Crippen LogP contribution in [0.5, 0.6) is 0 Å². The van der Waals surface area contributed by atoms with Crippen molar-refractivity contribution >= 4 is 5.91 Å². The summed E-state index contributed by atoms with van der Waals surface area (Å²) in [7, 11) is 0. The predicted molar refractivity (Wildman–Crippen MR) is 84.8 cm³/mol. The van der Waals surface area contributed by atoms with Crippen molar-refractivity contribution in [3.8, 4) is 0 Å². The molecule has 0 heterocycles. The van der Waals surface area contributed by atoms with Gasteiger partial charge in [-0.25, -0.2) is 0 Å². The Morgan fingerprint density at radius 1 is 1.20 bits per heavy atom. The number of carbonyl (C=O) groups excluding carboxylic acids is 1. The molecule has 1 aromatic rings. The average molecular weight is 276 g/mol. The highest BCUT2D eigenvalue weighted by Crippen LogP contribution is 2.16. The maximum atomic E-state index is 12.7. The van der Waals surface area contributed by atoms with Crippen LogP contribution in [0.3, 0.4) is 0 Å². The SMILES string of the molecule is CCC(CC)CN(CC)C(=O)c1ccccc1CCN. The van der Waals surface area contributed by atoms with E-state index < -0.39 is 0 Å². The third-order valence-corrected chi connectivity index (χ3v) is 3.96. The van der Waals surface area contributed by atoms with E-state index in [-0.39, 0.29) is 5.91 Å². The molecule has 0 bridgehead atoms. The lowest BCUT2D eigenvalue weighted by atomic mass is 10.0. The van der Waals surface area contributed by atoms with Crippen LogP contribution in [0.4, 0.5) is 0 Å². The zero-order valence-corrected chi connectivity index (χ0v) is 13.1. The van der Waals surface area contributed by atoms with Gasteiger partial charge in [-0.15, -0.1) is 0 Å². The van der Waals surface area contributed by atoms with E-state index in [0.29, 0.717) is 12.5 Å². The lowest BCUT2D eigenvalue weighted by molar-refractivity contribution is 0.0734. The number of benzene rings is 1. The van der Waals surface area contributed by atoms with Crippen LogP contribution in [0.25, 0.3) is 0 Å². The van der Waals surface area contributed by atoms with Crippen LogP contribution in [-0.2, 0) is 6.42 Å². The van der Waals surface area contributed by atoms with E-state index in [1.807, 2.05) is 36.1 Å². The normalized spacial score (nSPS) is 10.8. The van der Waals surface area contributed by atoms with Gasteiger partial charge in [-0.2, -0.15) is 0 Å². The summed E-state index contributed by atoms with van der Waals surface area (Å²) in [4.78, 5) is 14.7. The first kappa shape index (κ1) is 16.7. The summed E-state index contributed by atoms with van der Waals surface area (Å²) in [5, 5.41) is 0. The molecular formula is C17H28N2O. The predicted octanol–water partition coefficient (Wildman–Crippen LogP) is 3.09. The summed E-state index contributed by atoms with van der Waals surface area (Å²) in [5.74, 6) is 0.726. The zero-order valence-electron chi connectivity index (χ0n) is 13.1. The molecule has 1 amide bonds. The molecule has 0 aromatic heterocycles. The Morgan fingerprint density at radius 3 is 2.40 bits per heavy atom. The first-order valence-corrected chi connectivity index (χ1v) is 7.75. The van der Waals surface area contributed by atoms with Crippen molar-refractivity contribution in [2.24, 2.45) is 11.7 Å². The second kappa shape index (κ2) is 8.75. The van der Waals surface area contributed by atoms with Crippen molar-refractivity contribution < 1.29 is 4.79 Å². The summed E-state index contributed by atoms with van der Waals surface area (Å²) in [6, 6.07) is 7.82. The molecule has 0 atom stereocenters.